The molecule has 27 heavy (non-hydrogen) atoms. The lowest BCUT2D eigenvalue weighted by Crippen LogP contribution is -2.54. The molecule has 3 rings (SSSR count). The van der Waals surface area contributed by atoms with E-state index in [0.717, 1.165) is 12.3 Å². The summed E-state index contributed by atoms with van der Waals surface area (Å²) in [7, 11) is 0. The van der Waals surface area contributed by atoms with Gasteiger partial charge in [-0.2, -0.15) is 13.2 Å². The molecule has 0 radical (unpaired) electrons. The van der Waals surface area contributed by atoms with Crippen LogP contribution in [0.15, 0.2) is 12.3 Å². The number of hydrogen-bond acceptors (Lipinski definition) is 5. The Hall–Kier alpha value is -2.07. The Morgan fingerprint density at radius 1 is 1.00 bits per heavy atom. The van der Waals surface area contributed by atoms with E-state index in [0.29, 0.717) is 39.4 Å². The monoisotopic (exact) mass is 406 g/mol. The summed E-state index contributed by atoms with van der Waals surface area (Å²) in [6.45, 7) is 2.74. The number of nitrogens with zero attached hydrogens (tertiary/aromatic N) is 4. The van der Waals surface area contributed by atoms with Gasteiger partial charge >= 0.3 is 18.0 Å². The van der Waals surface area contributed by atoms with E-state index in [1.54, 1.807) is 4.90 Å². The van der Waals surface area contributed by atoms with Crippen molar-refractivity contribution in [1.82, 2.24) is 14.8 Å². The first-order valence-corrected chi connectivity index (χ1v) is 8.79. The minimum Gasteiger partial charge on any atom is -0.378 e. The molecule has 0 bridgehead atoms. The highest BCUT2D eigenvalue weighted by Gasteiger charge is 2.33. The van der Waals surface area contributed by atoms with Crippen molar-refractivity contribution in [1.29, 1.82) is 0 Å². The summed E-state index contributed by atoms with van der Waals surface area (Å²) in [6.07, 6.45) is -3.78. The van der Waals surface area contributed by atoms with Crippen LogP contribution in [-0.4, -0.2) is 79.1 Å². The van der Waals surface area contributed by atoms with Gasteiger partial charge in [-0.15, -0.1) is 0 Å². The molecule has 0 unspecified atom stereocenters. The van der Waals surface area contributed by atoms with E-state index in [-0.39, 0.29) is 23.9 Å². The summed E-state index contributed by atoms with van der Waals surface area (Å²) in [5.41, 5.74) is -0.916. The Kier molecular flexibility index (Phi) is 5.75. The number of rotatable bonds is 1. The van der Waals surface area contributed by atoms with Gasteiger partial charge in [0.15, 0.2) is 0 Å². The van der Waals surface area contributed by atoms with Crippen LogP contribution in [0.4, 0.5) is 19.0 Å². The number of ether oxygens (including phenoxy) is 1. The summed E-state index contributed by atoms with van der Waals surface area (Å²) >= 11 is 5.96. The zero-order valence-corrected chi connectivity index (χ0v) is 15.1. The van der Waals surface area contributed by atoms with Crippen LogP contribution in [0, 0.1) is 0 Å². The molecule has 2 aliphatic heterocycles. The van der Waals surface area contributed by atoms with Gasteiger partial charge in [0.2, 0.25) is 0 Å². The summed E-state index contributed by atoms with van der Waals surface area (Å²) in [5.74, 6) is -0.906. The lowest BCUT2D eigenvalue weighted by atomic mass is 10.2. The maximum absolute atomic E-state index is 12.7. The zero-order chi connectivity index (χ0) is 19.6. The van der Waals surface area contributed by atoms with Crippen molar-refractivity contribution in [3.63, 3.8) is 0 Å². The molecule has 0 spiro atoms. The molecule has 7 nitrogen and oxygen atoms in total. The number of carbonyl (C=O) groups excluding carboxylic acids is 2. The number of piperazine rings is 1. The molecule has 2 amide bonds. The first kappa shape index (κ1) is 19.7. The third-order valence-corrected chi connectivity index (χ3v) is 4.77. The number of alkyl halides is 3. The van der Waals surface area contributed by atoms with E-state index in [4.69, 9.17) is 16.3 Å². The topological polar surface area (TPSA) is 66.0 Å². The fourth-order valence-electron chi connectivity index (χ4n) is 2.98. The van der Waals surface area contributed by atoms with E-state index in [1.807, 2.05) is 0 Å². The summed E-state index contributed by atoms with van der Waals surface area (Å²) < 4.78 is 43.3. The maximum Gasteiger partial charge on any atom is 0.417 e. The lowest BCUT2D eigenvalue weighted by molar-refractivity contribution is -0.154. The molecule has 2 fully saturated rings. The molecule has 148 valence electrons. The van der Waals surface area contributed by atoms with Crippen molar-refractivity contribution in [2.24, 2.45) is 0 Å². The van der Waals surface area contributed by atoms with Crippen LogP contribution in [0.3, 0.4) is 0 Å². The van der Waals surface area contributed by atoms with E-state index in [9.17, 15) is 22.8 Å². The number of hydrogen-bond donors (Lipinski definition) is 0. The number of pyridine rings is 1. The molecule has 3 heterocycles. The van der Waals surface area contributed by atoms with Gasteiger partial charge in [-0.1, -0.05) is 11.6 Å². The molecule has 11 heteroatoms. The third-order valence-electron chi connectivity index (χ3n) is 4.50. The number of amides is 2. The van der Waals surface area contributed by atoms with Crippen molar-refractivity contribution in [3.05, 3.63) is 22.8 Å². The van der Waals surface area contributed by atoms with E-state index < -0.39 is 23.6 Å². The minimum absolute atomic E-state index is 0.103. The molecule has 2 saturated heterocycles. The number of anilines is 1. The van der Waals surface area contributed by atoms with Gasteiger partial charge in [0.05, 0.1) is 23.8 Å². The van der Waals surface area contributed by atoms with Crippen LogP contribution in [0.25, 0.3) is 0 Å². The molecule has 0 aliphatic carbocycles. The Morgan fingerprint density at radius 2 is 1.56 bits per heavy atom. The lowest BCUT2D eigenvalue weighted by Gasteiger charge is -2.36. The fourth-order valence-corrected chi connectivity index (χ4v) is 3.26. The van der Waals surface area contributed by atoms with Crippen molar-refractivity contribution >= 4 is 29.2 Å². The van der Waals surface area contributed by atoms with Crippen LogP contribution in [0.1, 0.15) is 5.56 Å². The number of halogens is 4. The average molecular weight is 407 g/mol. The third kappa shape index (κ3) is 4.44. The standard InChI is InChI=1S/C16H18ClF3N4O3/c17-12-9-11(16(18,19)20)10-21-13(12)22-1-3-23(4-2-22)14(25)15(26)24-5-7-27-8-6-24/h9-10H,1-8H2. The van der Waals surface area contributed by atoms with E-state index in [2.05, 4.69) is 4.98 Å². The predicted molar refractivity (Wildman–Crippen MR) is 90.4 cm³/mol. The SMILES string of the molecule is O=C(C(=O)N1CCN(c2ncc(C(F)(F)F)cc2Cl)CC1)N1CCOCC1. The van der Waals surface area contributed by atoms with Gasteiger partial charge in [0.1, 0.15) is 5.82 Å². The number of carbonyl (C=O) groups is 2. The van der Waals surface area contributed by atoms with Crippen LogP contribution in [0.2, 0.25) is 5.02 Å². The predicted octanol–water partition coefficient (Wildman–Crippen LogP) is 1.26. The normalized spacial score (nSPS) is 18.6. The highest BCUT2D eigenvalue weighted by molar-refractivity contribution is 6.35. The molecular weight excluding hydrogens is 389 g/mol. The van der Waals surface area contributed by atoms with E-state index >= 15 is 0 Å². The molecule has 0 aromatic carbocycles. The quantitative estimate of drug-likeness (QED) is 0.657. The highest BCUT2D eigenvalue weighted by Crippen LogP contribution is 2.33. The number of aromatic nitrogens is 1. The first-order valence-electron chi connectivity index (χ1n) is 8.41. The van der Waals surface area contributed by atoms with E-state index in [1.165, 1.54) is 9.80 Å². The average Bonchev–Trinajstić information content (AvgIpc) is 2.67. The molecule has 1 aromatic heterocycles. The summed E-state index contributed by atoms with van der Waals surface area (Å²) in [5, 5.41) is -0.103. The van der Waals surface area contributed by atoms with Gasteiger partial charge < -0.3 is 19.4 Å². The Balaban J connectivity index is 1.60. The molecule has 1 aromatic rings. The Labute approximate surface area is 158 Å². The minimum atomic E-state index is -4.51. The molecule has 0 saturated carbocycles. The highest BCUT2D eigenvalue weighted by atomic mass is 35.5. The first-order chi connectivity index (χ1) is 12.8. The Bertz CT molecular complexity index is 717. The van der Waals surface area contributed by atoms with Crippen LogP contribution < -0.4 is 4.90 Å². The van der Waals surface area contributed by atoms with Crippen LogP contribution in [-0.2, 0) is 20.5 Å². The van der Waals surface area contributed by atoms with Crippen LogP contribution >= 0.6 is 11.6 Å². The smallest absolute Gasteiger partial charge is 0.378 e. The van der Waals surface area contributed by atoms with Gasteiger partial charge in [0.25, 0.3) is 0 Å². The zero-order valence-electron chi connectivity index (χ0n) is 14.3. The fraction of sp³-hybridized carbons (Fsp3) is 0.562. The summed E-state index contributed by atoms with van der Waals surface area (Å²) in [6, 6.07) is 0.837. The number of morpholine rings is 1. The van der Waals surface area contributed by atoms with Gasteiger partial charge in [-0.25, -0.2) is 4.98 Å². The summed E-state index contributed by atoms with van der Waals surface area (Å²) in [4.78, 5) is 33.1. The molecule has 2 aliphatic rings. The second kappa shape index (κ2) is 7.89. The van der Waals surface area contributed by atoms with Crippen LogP contribution in [0.5, 0.6) is 0 Å². The van der Waals surface area contributed by atoms with Crippen molar-refractivity contribution < 1.29 is 27.5 Å². The second-order valence-electron chi connectivity index (χ2n) is 6.21. The second-order valence-corrected chi connectivity index (χ2v) is 6.62. The Morgan fingerprint density at radius 3 is 2.07 bits per heavy atom. The largest absolute Gasteiger partial charge is 0.417 e. The van der Waals surface area contributed by atoms with Crippen molar-refractivity contribution in [3.8, 4) is 0 Å². The van der Waals surface area contributed by atoms with Gasteiger partial charge in [-0.05, 0) is 6.07 Å². The molecule has 0 N–H and O–H groups in total. The van der Waals surface area contributed by atoms with Gasteiger partial charge in [-0.3, -0.25) is 9.59 Å². The maximum atomic E-state index is 12.7. The van der Waals surface area contributed by atoms with Crippen molar-refractivity contribution in [2.45, 2.75) is 6.18 Å². The van der Waals surface area contributed by atoms with Gasteiger partial charge in [0, 0.05) is 45.5 Å². The molecule has 0 atom stereocenters. The van der Waals surface area contributed by atoms with Crippen molar-refractivity contribution in [2.75, 3.05) is 57.4 Å². The molecular formula is C16H18ClF3N4O3.